The van der Waals surface area contributed by atoms with Gasteiger partial charge in [0.2, 0.25) is 76.8 Å². The lowest BCUT2D eigenvalue weighted by Gasteiger charge is -2.32. The van der Waals surface area contributed by atoms with Crippen molar-refractivity contribution in [2.75, 3.05) is 44.7 Å². The van der Waals surface area contributed by atoms with Crippen molar-refractivity contribution in [3.05, 3.63) is 71.8 Å². The Hall–Kier alpha value is -8.91. The second kappa shape index (κ2) is 41.0. The van der Waals surface area contributed by atoms with Gasteiger partial charge in [0.25, 0.3) is 0 Å². The minimum absolute atomic E-state index is 0.0736. The third-order valence-electron chi connectivity index (χ3n) is 16.0. The van der Waals surface area contributed by atoms with Gasteiger partial charge in [-0.25, -0.2) is 0 Å². The molecule has 0 saturated carbocycles. The molecule has 2 heterocycles. The first kappa shape index (κ1) is 78.5. The molecule has 2 aromatic rings. The first-order valence-corrected chi connectivity index (χ1v) is 33.6. The van der Waals surface area contributed by atoms with E-state index in [4.69, 9.17) is 40.1 Å². The van der Waals surface area contributed by atoms with Crippen molar-refractivity contribution in [2.45, 2.75) is 183 Å². The van der Waals surface area contributed by atoms with E-state index >= 15 is 0 Å². The molecule has 2 aromatic carbocycles. The molecule has 0 aliphatic carbocycles. The van der Waals surface area contributed by atoms with Gasteiger partial charge in [0.05, 0.1) is 12.6 Å². The molecular formula is C63H98N18O13S. The van der Waals surface area contributed by atoms with Gasteiger partial charge in [-0.05, 0) is 119 Å². The van der Waals surface area contributed by atoms with E-state index in [2.05, 4.69) is 47.5 Å². The Morgan fingerprint density at radius 1 is 0.537 bits per heavy atom. The van der Waals surface area contributed by atoms with Gasteiger partial charge < -0.3 is 92.5 Å². The van der Waals surface area contributed by atoms with Gasteiger partial charge in [-0.2, -0.15) is 11.8 Å². The summed E-state index contributed by atoms with van der Waals surface area (Å²) in [7, 11) is 0. The summed E-state index contributed by atoms with van der Waals surface area (Å²) >= 11 is 1.45. The van der Waals surface area contributed by atoms with Crippen LogP contribution in [0.1, 0.15) is 121 Å². The highest BCUT2D eigenvalue weighted by Gasteiger charge is 2.42. The number of likely N-dealkylation sites (tertiary alicyclic amines) is 2. The maximum Gasteiger partial charge on any atom is 0.245 e. The molecule has 32 heteroatoms. The van der Waals surface area contributed by atoms with E-state index in [1.165, 1.54) is 21.6 Å². The number of hydrogen-bond acceptors (Lipinski definition) is 17. The molecule has 2 aliphatic rings. The highest BCUT2D eigenvalue weighted by Crippen LogP contribution is 2.24. The Morgan fingerprint density at radius 3 is 1.51 bits per heavy atom. The zero-order valence-corrected chi connectivity index (χ0v) is 55.3. The summed E-state index contributed by atoms with van der Waals surface area (Å²) < 4.78 is 0. The Kier molecular flexibility index (Phi) is 33.9. The van der Waals surface area contributed by atoms with Gasteiger partial charge in [-0.15, -0.1) is 0 Å². The standard InChI is InChI=1S/C63H98N18O13S/c1-37(2)33-45(57(89)74-41(53(68)85)27-32-95-3)73-52(84)36-72-54(86)46(34-38-15-6-4-7-16-38)78-58(90)47(35-39-17-8-5-9-18-39)79-56(88)42(23-25-50(66)82)75-55(87)43(24-26-51(67)83)76-59(91)49-22-14-31-81(49)62(94)44(20-10-11-28-64)77-60(92)48-21-13-30-80(48)61(93)40(65)19-12-29-71-63(69)70/h4-9,15-18,37,40-49H,10-14,19-36,64-65H2,1-3H3,(H2,66,82)(H2,67,83)(H2,68,85)(H,72,86)(H,73,84)(H,74,89)(H,75,87)(H,76,91)(H,77,92)(H,78,90)(H,79,88)(H4,69,70,71)/t40-,41-,42-,43-,44+,45+,46-,47-,48+,49-/m0/s1. The number of nitrogens with zero attached hydrogens (tertiary/aromatic N) is 3. The molecule has 95 heavy (non-hydrogen) atoms. The van der Waals surface area contributed by atoms with Gasteiger partial charge >= 0.3 is 0 Å². The number of unbranched alkanes of at least 4 members (excludes halogenated alkanes) is 1. The summed E-state index contributed by atoms with van der Waals surface area (Å²) in [4.78, 5) is 185. The topological polar surface area (TPSA) is 519 Å². The Balaban J connectivity index is 1.56. The first-order chi connectivity index (χ1) is 45.2. The predicted molar refractivity (Wildman–Crippen MR) is 356 cm³/mol. The number of thioether (sulfide) groups is 1. The number of nitrogens with one attached hydrogen (secondary N) is 8. The number of aliphatic imine (C=N–C) groups is 1. The lowest BCUT2D eigenvalue weighted by Crippen LogP contribution is -2.60. The van der Waals surface area contributed by atoms with Gasteiger partial charge in [0, 0.05) is 45.3 Å². The number of guanidine groups is 1. The molecule has 4 rings (SSSR count). The van der Waals surface area contributed by atoms with Crippen LogP contribution in [-0.2, 0) is 75.2 Å². The van der Waals surface area contributed by atoms with Crippen LogP contribution in [0.25, 0.3) is 0 Å². The third kappa shape index (κ3) is 27.5. The second-order valence-electron chi connectivity index (χ2n) is 24.1. The fourth-order valence-electron chi connectivity index (χ4n) is 11.0. The van der Waals surface area contributed by atoms with Crippen LogP contribution in [0.4, 0.5) is 0 Å². The highest BCUT2D eigenvalue weighted by atomic mass is 32.2. The zero-order chi connectivity index (χ0) is 70.1. The molecule has 0 radical (unpaired) electrons. The summed E-state index contributed by atoms with van der Waals surface area (Å²) in [6.45, 7) is 3.86. The van der Waals surface area contributed by atoms with E-state index in [0.717, 1.165) is 0 Å². The van der Waals surface area contributed by atoms with E-state index in [0.29, 0.717) is 55.4 Å². The summed E-state index contributed by atoms with van der Waals surface area (Å²) in [5.41, 5.74) is 40.6. The number of carbonyl (C=O) groups is 13. The van der Waals surface area contributed by atoms with Gasteiger partial charge in [0.1, 0.15) is 54.4 Å². The lowest BCUT2D eigenvalue weighted by molar-refractivity contribution is -0.144. The van der Waals surface area contributed by atoms with Crippen molar-refractivity contribution in [2.24, 2.45) is 51.0 Å². The Morgan fingerprint density at radius 2 is 1.01 bits per heavy atom. The number of benzene rings is 2. The highest BCUT2D eigenvalue weighted by molar-refractivity contribution is 7.98. The van der Waals surface area contributed by atoms with Crippen LogP contribution >= 0.6 is 11.8 Å². The molecule has 524 valence electrons. The maximum absolute atomic E-state index is 14.7. The molecule has 22 N–H and O–H groups in total. The summed E-state index contributed by atoms with van der Waals surface area (Å²) in [6, 6.07) is 4.51. The quantitative estimate of drug-likeness (QED) is 0.0173. The molecule has 0 spiro atoms. The monoisotopic (exact) mass is 1350 g/mol. The van der Waals surface area contributed by atoms with Crippen LogP contribution < -0.4 is 82.7 Å². The van der Waals surface area contributed by atoms with E-state index in [1.54, 1.807) is 60.7 Å². The van der Waals surface area contributed by atoms with Crippen molar-refractivity contribution in [1.82, 2.24) is 52.3 Å². The molecule has 2 aliphatic heterocycles. The number of hydrogen-bond donors (Lipinski definition) is 15. The number of primary amides is 3. The molecule has 0 unspecified atom stereocenters. The van der Waals surface area contributed by atoms with E-state index in [-0.39, 0.29) is 83.0 Å². The molecule has 13 amide bonds. The normalized spacial score (nSPS) is 16.8. The average molecular weight is 1350 g/mol. The minimum Gasteiger partial charge on any atom is -0.370 e. The van der Waals surface area contributed by atoms with E-state index < -0.39 is 169 Å². The Bertz CT molecular complexity index is 2960. The van der Waals surface area contributed by atoms with Crippen LogP contribution in [0, 0.1) is 5.92 Å². The number of amides is 13. The molecule has 10 atom stereocenters. The third-order valence-corrected chi connectivity index (χ3v) is 16.7. The average Bonchev–Trinajstić information content (AvgIpc) is 1.74. The molecule has 2 fully saturated rings. The fourth-order valence-corrected chi connectivity index (χ4v) is 11.5. The van der Waals surface area contributed by atoms with Crippen molar-refractivity contribution in [3.63, 3.8) is 0 Å². The van der Waals surface area contributed by atoms with Crippen LogP contribution in [0.3, 0.4) is 0 Å². The summed E-state index contributed by atoms with van der Waals surface area (Å²) in [5.74, 6) is -9.80. The SMILES string of the molecule is CSCC[C@H](NC(=O)[C@@H](CC(C)C)NC(=O)CNC(=O)[C@H](Cc1ccccc1)NC(=O)[C@H](Cc1ccccc1)NC(=O)[C@H](CCC(N)=O)NC(=O)[C@H](CCC(N)=O)NC(=O)[C@@H]1CCCN1C(=O)[C@@H](CCCCN)NC(=O)[C@H]1CCCN1C(=O)[C@@H](N)CCCN=C(N)N)C(N)=O. The largest absolute Gasteiger partial charge is 0.370 e. The van der Waals surface area contributed by atoms with Crippen LogP contribution in [0.5, 0.6) is 0 Å². The van der Waals surface area contributed by atoms with Crippen LogP contribution in [0.2, 0.25) is 0 Å². The molecular weight excluding hydrogens is 1250 g/mol. The first-order valence-electron chi connectivity index (χ1n) is 32.2. The second-order valence-corrected chi connectivity index (χ2v) is 25.1. The van der Waals surface area contributed by atoms with Crippen LogP contribution in [0.15, 0.2) is 65.7 Å². The molecule has 31 nitrogen and oxygen atoms in total. The van der Waals surface area contributed by atoms with Gasteiger partial charge in [0.15, 0.2) is 5.96 Å². The zero-order valence-electron chi connectivity index (χ0n) is 54.5. The smallest absolute Gasteiger partial charge is 0.245 e. The number of carbonyl (C=O) groups excluding carboxylic acids is 13. The maximum atomic E-state index is 14.7. The summed E-state index contributed by atoms with van der Waals surface area (Å²) in [6.07, 6.45) is 3.12. The van der Waals surface area contributed by atoms with Crippen molar-refractivity contribution in [1.29, 1.82) is 0 Å². The number of rotatable bonds is 42. The lowest BCUT2D eigenvalue weighted by atomic mass is 10.0. The van der Waals surface area contributed by atoms with Crippen LogP contribution in [-0.4, -0.2) is 198 Å². The van der Waals surface area contributed by atoms with E-state index in [1.807, 2.05) is 20.1 Å². The van der Waals surface area contributed by atoms with Crippen molar-refractivity contribution >= 4 is 94.5 Å². The summed E-state index contributed by atoms with van der Waals surface area (Å²) in [5, 5.41) is 21.1. The number of nitrogens with two attached hydrogens (primary N) is 7. The van der Waals surface area contributed by atoms with Gasteiger partial charge in [-0.1, -0.05) is 74.5 Å². The predicted octanol–water partition coefficient (Wildman–Crippen LogP) is -3.71. The minimum atomic E-state index is -1.64. The van der Waals surface area contributed by atoms with Gasteiger partial charge in [-0.3, -0.25) is 67.3 Å². The molecule has 0 aromatic heterocycles. The molecule has 2 saturated heterocycles. The van der Waals surface area contributed by atoms with E-state index in [9.17, 15) is 62.3 Å². The fraction of sp³-hybridized carbons (Fsp3) is 0.587. The van der Waals surface area contributed by atoms with Crippen molar-refractivity contribution < 1.29 is 62.3 Å². The molecule has 0 bridgehead atoms. The Labute approximate surface area is 558 Å². The van der Waals surface area contributed by atoms with Crippen molar-refractivity contribution in [3.8, 4) is 0 Å².